The molecule has 1 aromatic rings. The Morgan fingerprint density at radius 3 is 2.63 bits per heavy atom. The van der Waals surface area contributed by atoms with E-state index in [1.165, 1.54) is 0 Å². The Morgan fingerprint density at radius 1 is 1.37 bits per heavy atom. The maximum absolute atomic E-state index is 11.8. The van der Waals surface area contributed by atoms with E-state index in [1.807, 2.05) is 26.0 Å². The van der Waals surface area contributed by atoms with Crippen LogP contribution in [0.2, 0.25) is 0 Å². The summed E-state index contributed by atoms with van der Waals surface area (Å²) in [6, 6.07) is 6.59. The maximum Gasteiger partial charge on any atom is 0.319 e. The van der Waals surface area contributed by atoms with Gasteiger partial charge in [-0.05, 0) is 24.5 Å². The molecule has 1 atom stereocenters. The number of anilines is 1. The summed E-state index contributed by atoms with van der Waals surface area (Å²) in [7, 11) is 1.55. The van der Waals surface area contributed by atoms with Crippen LogP contribution in [0, 0.1) is 5.92 Å². The van der Waals surface area contributed by atoms with Crippen molar-refractivity contribution in [2.24, 2.45) is 5.92 Å². The van der Waals surface area contributed by atoms with Gasteiger partial charge in [0.15, 0.2) is 0 Å². The summed E-state index contributed by atoms with van der Waals surface area (Å²) < 4.78 is 5.15. The zero-order valence-electron chi connectivity index (χ0n) is 11.6. The van der Waals surface area contributed by atoms with Gasteiger partial charge in [0.25, 0.3) is 0 Å². The van der Waals surface area contributed by atoms with Crippen molar-refractivity contribution in [3.8, 4) is 5.75 Å². The molecule has 0 spiro atoms. The highest BCUT2D eigenvalue weighted by atomic mass is 16.5. The lowest BCUT2D eigenvalue weighted by molar-refractivity contribution is 0.214. The quantitative estimate of drug-likeness (QED) is 0.739. The third kappa shape index (κ3) is 5.18. The zero-order chi connectivity index (χ0) is 14.3. The minimum atomic E-state index is -0.343. The number of rotatable bonds is 6. The van der Waals surface area contributed by atoms with E-state index in [0.717, 1.165) is 6.42 Å². The summed E-state index contributed by atoms with van der Waals surface area (Å²) in [5.41, 5.74) is 0.601. The van der Waals surface area contributed by atoms with Crippen LogP contribution in [0.25, 0.3) is 0 Å². The molecule has 19 heavy (non-hydrogen) atoms. The number of ether oxygens (including phenoxy) is 1. The Morgan fingerprint density at radius 2 is 2.05 bits per heavy atom. The van der Waals surface area contributed by atoms with E-state index in [1.54, 1.807) is 19.2 Å². The molecule has 0 unspecified atom stereocenters. The summed E-state index contributed by atoms with van der Waals surface area (Å²) in [4.78, 5) is 11.8. The summed E-state index contributed by atoms with van der Waals surface area (Å²) >= 11 is 0. The van der Waals surface area contributed by atoms with Gasteiger partial charge in [-0.25, -0.2) is 4.79 Å². The Balaban J connectivity index is 2.59. The first-order valence-corrected chi connectivity index (χ1v) is 6.38. The molecule has 0 aliphatic heterocycles. The minimum absolute atomic E-state index is 0.0719. The van der Waals surface area contributed by atoms with Crippen molar-refractivity contribution in [1.29, 1.82) is 0 Å². The number of para-hydroxylation sites is 2. The lowest BCUT2D eigenvalue weighted by atomic mass is 10.0. The monoisotopic (exact) mass is 266 g/mol. The number of urea groups is 1. The zero-order valence-corrected chi connectivity index (χ0v) is 11.6. The summed E-state index contributed by atoms with van der Waals surface area (Å²) in [5.74, 6) is 1.01. The smallest absolute Gasteiger partial charge is 0.319 e. The molecule has 0 saturated heterocycles. The molecule has 0 aliphatic rings. The Labute approximate surface area is 114 Å². The van der Waals surface area contributed by atoms with Gasteiger partial charge in [-0.3, -0.25) is 0 Å². The van der Waals surface area contributed by atoms with Crippen LogP contribution >= 0.6 is 0 Å². The van der Waals surface area contributed by atoms with Crippen LogP contribution < -0.4 is 15.4 Å². The van der Waals surface area contributed by atoms with Crippen molar-refractivity contribution < 1.29 is 14.6 Å². The first-order valence-electron chi connectivity index (χ1n) is 6.38. The highest BCUT2D eigenvalue weighted by molar-refractivity contribution is 5.91. The van der Waals surface area contributed by atoms with Gasteiger partial charge in [-0.2, -0.15) is 0 Å². The molecule has 2 amide bonds. The third-order valence-corrected chi connectivity index (χ3v) is 2.67. The van der Waals surface area contributed by atoms with E-state index in [9.17, 15) is 9.90 Å². The molecule has 0 saturated carbocycles. The number of benzene rings is 1. The van der Waals surface area contributed by atoms with Crippen molar-refractivity contribution in [2.75, 3.05) is 19.0 Å². The molecule has 3 N–H and O–H groups in total. The van der Waals surface area contributed by atoms with E-state index < -0.39 is 0 Å². The predicted octanol–water partition coefficient (Wildman–Crippen LogP) is 2.22. The van der Waals surface area contributed by atoms with Crippen LogP contribution in [0.15, 0.2) is 24.3 Å². The van der Waals surface area contributed by atoms with Crippen molar-refractivity contribution in [2.45, 2.75) is 26.3 Å². The molecule has 5 heteroatoms. The maximum atomic E-state index is 11.8. The van der Waals surface area contributed by atoms with Crippen LogP contribution in [0.4, 0.5) is 10.5 Å². The van der Waals surface area contributed by atoms with Crippen LogP contribution in [-0.2, 0) is 0 Å². The second-order valence-electron chi connectivity index (χ2n) is 4.81. The van der Waals surface area contributed by atoms with Gasteiger partial charge in [-0.15, -0.1) is 0 Å². The molecule has 0 fully saturated rings. The average molecular weight is 266 g/mol. The second-order valence-corrected chi connectivity index (χ2v) is 4.81. The summed E-state index contributed by atoms with van der Waals surface area (Å²) in [6.45, 7) is 4.02. The van der Waals surface area contributed by atoms with E-state index in [4.69, 9.17) is 4.74 Å². The number of hydrogen-bond donors (Lipinski definition) is 3. The minimum Gasteiger partial charge on any atom is -0.495 e. The number of aliphatic hydroxyl groups is 1. The average Bonchev–Trinajstić information content (AvgIpc) is 2.38. The molecule has 5 nitrogen and oxygen atoms in total. The molecular formula is C14H22N2O3. The fourth-order valence-corrected chi connectivity index (χ4v) is 1.84. The molecule has 1 aromatic carbocycles. The largest absolute Gasteiger partial charge is 0.495 e. The number of amides is 2. The van der Waals surface area contributed by atoms with Crippen LogP contribution in [0.1, 0.15) is 20.3 Å². The Kier molecular flexibility index (Phi) is 6.15. The molecular weight excluding hydrogens is 244 g/mol. The standard InChI is InChI=1S/C14H22N2O3/c1-10(2)8-11(9-17)15-14(18)16-12-6-4-5-7-13(12)19-3/h4-7,10-11,17H,8-9H2,1-3H3,(H2,15,16,18)/t11-/m0/s1. The van der Waals surface area contributed by atoms with Crippen molar-refractivity contribution in [1.82, 2.24) is 5.32 Å². The van der Waals surface area contributed by atoms with E-state index in [2.05, 4.69) is 10.6 Å². The van der Waals surface area contributed by atoms with Crippen LogP contribution in [0.5, 0.6) is 5.75 Å². The van der Waals surface area contributed by atoms with E-state index in [-0.39, 0.29) is 18.7 Å². The highest BCUT2D eigenvalue weighted by Gasteiger charge is 2.14. The van der Waals surface area contributed by atoms with Gasteiger partial charge in [0.1, 0.15) is 5.75 Å². The van der Waals surface area contributed by atoms with Gasteiger partial charge >= 0.3 is 6.03 Å². The number of methoxy groups -OCH3 is 1. The molecule has 0 radical (unpaired) electrons. The first kappa shape index (κ1) is 15.3. The van der Waals surface area contributed by atoms with Gasteiger partial charge in [0.2, 0.25) is 0 Å². The SMILES string of the molecule is COc1ccccc1NC(=O)N[C@H](CO)CC(C)C. The first-order chi connectivity index (χ1) is 9.06. The molecule has 0 aromatic heterocycles. The third-order valence-electron chi connectivity index (χ3n) is 2.67. The predicted molar refractivity (Wildman–Crippen MR) is 75.5 cm³/mol. The summed E-state index contributed by atoms with van der Waals surface area (Å²) in [6.07, 6.45) is 0.732. The van der Waals surface area contributed by atoms with Gasteiger partial charge < -0.3 is 20.5 Å². The fourth-order valence-electron chi connectivity index (χ4n) is 1.84. The van der Waals surface area contributed by atoms with Gasteiger partial charge in [0, 0.05) is 0 Å². The van der Waals surface area contributed by atoms with E-state index >= 15 is 0 Å². The highest BCUT2D eigenvalue weighted by Crippen LogP contribution is 2.22. The topological polar surface area (TPSA) is 70.6 Å². The Bertz CT molecular complexity index is 407. The van der Waals surface area contributed by atoms with Crippen molar-refractivity contribution in [3.63, 3.8) is 0 Å². The number of carbonyl (C=O) groups is 1. The number of hydrogen-bond acceptors (Lipinski definition) is 3. The molecule has 0 bridgehead atoms. The van der Waals surface area contributed by atoms with Gasteiger partial charge in [0.05, 0.1) is 25.4 Å². The van der Waals surface area contributed by atoms with E-state index in [0.29, 0.717) is 17.4 Å². The molecule has 106 valence electrons. The molecule has 0 aliphatic carbocycles. The normalized spacial score (nSPS) is 12.1. The molecule has 1 rings (SSSR count). The summed E-state index contributed by atoms with van der Waals surface area (Å²) in [5, 5.41) is 14.7. The second kappa shape index (κ2) is 7.63. The molecule has 0 heterocycles. The van der Waals surface area contributed by atoms with Crippen LogP contribution in [0.3, 0.4) is 0 Å². The Hall–Kier alpha value is -1.75. The van der Waals surface area contributed by atoms with Crippen molar-refractivity contribution >= 4 is 11.7 Å². The van der Waals surface area contributed by atoms with Gasteiger partial charge in [-0.1, -0.05) is 26.0 Å². The number of carbonyl (C=O) groups excluding carboxylic acids is 1. The van der Waals surface area contributed by atoms with Crippen molar-refractivity contribution in [3.05, 3.63) is 24.3 Å². The number of aliphatic hydroxyl groups excluding tert-OH is 1. The fraction of sp³-hybridized carbons (Fsp3) is 0.500. The van der Waals surface area contributed by atoms with Crippen LogP contribution in [-0.4, -0.2) is 30.9 Å². The number of nitrogens with one attached hydrogen (secondary N) is 2. The lowest BCUT2D eigenvalue weighted by Crippen LogP contribution is -2.41. The lowest BCUT2D eigenvalue weighted by Gasteiger charge is -2.19.